The summed E-state index contributed by atoms with van der Waals surface area (Å²) in [6, 6.07) is 13.4. The summed E-state index contributed by atoms with van der Waals surface area (Å²) in [5, 5.41) is 7.94. The van der Waals surface area contributed by atoms with E-state index in [9.17, 15) is 18.0 Å². The van der Waals surface area contributed by atoms with E-state index in [2.05, 4.69) is 15.4 Å². The van der Waals surface area contributed by atoms with E-state index in [1.807, 2.05) is 30.3 Å². The van der Waals surface area contributed by atoms with E-state index in [0.29, 0.717) is 23.0 Å². The zero-order valence-electron chi connectivity index (χ0n) is 24.8. The molecule has 2 aliphatic rings. The van der Waals surface area contributed by atoms with Crippen molar-refractivity contribution in [3.63, 3.8) is 0 Å². The van der Waals surface area contributed by atoms with Crippen LogP contribution in [0.2, 0.25) is 0 Å². The molecule has 1 unspecified atom stereocenters. The first-order valence-corrected chi connectivity index (χ1v) is 16.3. The van der Waals surface area contributed by atoms with Gasteiger partial charge in [-0.05, 0) is 37.0 Å². The Bertz CT molecular complexity index is 1830. The highest BCUT2D eigenvalue weighted by Crippen LogP contribution is 2.36. The van der Waals surface area contributed by atoms with Crippen LogP contribution in [-0.2, 0) is 28.4 Å². The Morgan fingerprint density at radius 3 is 2.61 bits per heavy atom. The fraction of sp³-hybridized carbons (Fsp3) is 0.419. The number of nitrogens with zero attached hydrogens (tertiary/aromatic N) is 4. The van der Waals surface area contributed by atoms with E-state index in [0.717, 1.165) is 36.9 Å². The van der Waals surface area contributed by atoms with Gasteiger partial charge in [-0.15, -0.1) is 0 Å². The molecule has 44 heavy (non-hydrogen) atoms. The van der Waals surface area contributed by atoms with Crippen LogP contribution in [0.5, 0.6) is 5.75 Å². The number of aromatic amines is 1. The molecule has 12 nitrogen and oxygen atoms in total. The van der Waals surface area contributed by atoms with Gasteiger partial charge in [0.25, 0.3) is 5.56 Å². The molecular weight excluding hydrogens is 584 g/mol. The smallest absolute Gasteiger partial charge is 0.407 e. The Morgan fingerprint density at radius 1 is 1.09 bits per heavy atom. The van der Waals surface area contributed by atoms with Crippen molar-refractivity contribution in [3.05, 3.63) is 70.1 Å². The number of aryl methyl sites for hydroxylation is 1. The molecule has 232 valence electrons. The molecule has 6 rings (SSSR count). The second-order valence-electron chi connectivity index (χ2n) is 11.4. The standard InChI is InChI=1S/C31H36N6O6S/c1-36-29-26(27(35-36)21-11-7-4-8-12-21)30(38)34-28(33-29)24-14-13-23(17-25(24)42-2)44(40,41)37-16-15-22(18-37)32-31(39)43-19-20-9-5-3-6-10-20/h3,5-6,9-10,13-14,17,21-22H,4,7-8,11-12,15-16,18-19H2,1-2H3,(H,32,39)(H,33,34,38). The second kappa shape index (κ2) is 12.4. The lowest BCUT2D eigenvalue weighted by atomic mass is 9.86. The molecule has 1 amide bonds. The third-order valence-corrected chi connectivity index (χ3v) is 10.3. The third kappa shape index (κ3) is 5.93. The van der Waals surface area contributed by atoms with Gasteiger partial charge in [-0.2, -0.15) is 9.40 Å². The lowest BCUT2D eigenvalue weighted by Gasteiger charge is -2.19. The number of carbonyl (C=O) groups excluding carboxylic acids is 1. The molecule has 1 atom stereocenters. The minimum atomic E-state index is -3.90. The maximum atomic E-state index is 13.6. The number of hydrogen-bond donors (Lipinski definition) is 2. The Labute approximate surface area is 255 Å². The normalized spacial score (nSPS) is 18.0. The third-order valence-electron chi connectivity index (χ3n) is 8.46. The van der Waals surface area contributed by atoms with Crippen LogP contribution in [0.25, 0.3) is 22.4 Å². The van der Waals surface area contributed by atoms with Crippen LogP contribution < -0.4 is 15.6 Å². The van der Waals surface area contributed by atoms with E-state index in [1.54, 1.807) is 17.8 Å². The number of benzene rings is 2. The van der Waals surface area contributed by atoms with Crippen molar-refractivity contribution in [1.82, 2.24) is 29.4 Å². The van der Waals surface area contributed by atoms with Crippen LogP contribution in [-0.4, -0.2) is 64.8 Å². The molecular formula is C31H36N6O6S. The van der Waals surface area contributed by atoms with Gasteiger partial charge >= 0.3 is 6.09 Å². The molecule has 3 heterocycles. The van der Waals surface area contributed by atoms with E-state index >= 15 is 0 Å². The number of methoxy groups -OCH3 is 1. The van der Waals surface area contributed by atoms with Crippen LogP contribution in [0.4, 0.5) is 4.79 Å². The topological polar surface area (TPSA) is 149 Å². The average Bonchev–Trinajstić information content (AvgIpc) is 3.65. The number of aromatic nitrogens is 4. The maximum absolute atomic E-state index is 13.6. The van der Waals surface area contributed by atoms with Gasteiger partial charge in [0.1, 0.15) is 23.6 Å². The zero-order valence-corrected chi connectivity index (χ0v) is 25.6. The number of ether oxygens (including phenoxy) is 2. The molecule has 2 N–H and O–H groups in total. The van der Waals surface area contributed by atoms with Crippen LogP contribution in [0.15, 0.2) is 58.2 Å². The van der Waals surface area contributed by atoms with Gasteiger partial charge in [0.05, 0.1) is 23.3 Å². The van der Waals surface area contributed by atoms with E-state index in [4.69, 9.17) is 14.5 Å². The van der Waals surface area contributed by atoms with E-state index < -0.39 is 16.1 Å². The summed E-state index contributed by atoms with van der Waals surface area (Å²) in [5.41, 5.74) is 2.29. The molecule has 0 radical (unpaired) electrons. The van der Waals surface area contributed by atoms with Crippen molar-refractivity contribution in [3.8, 4) is 17.1 Å². The number of fused-ring (bicyclic) bond motifs is 1. The molecule has 2 fully saturated rings. The summed E-state index contributed by atoms with van der Waals surface area (Å²) in [4.78, 5) is 33.3. The number of hydrogen-bond acceptors (Lipinski definition) is 8. The van der Waals surface area contributed by atoms with Crippen molar-refractivity contribution in [1.29, 1.82) is 0 Å². The van der Waals surface area contributed by atoms with E-state index in [-0.39, 0.29) is 53.7 Å². The molecule has 2 aromatic carbocycles. The highest BCUT2D eigenvalue weighted by atomic mass is 32.2. The van der Waals surface area contributed by atoms with Crippen molar-refractivity contribution < 1.29 is 22.7 Å². The lowest BCUT2D eigenvalue weighted by molar-refractivity contribution is 0.136. The molecule has 1 aliphatic heterocycles. The number of sulfonamides is 1. The maximum Gasteiger partial charge on any atom is 0.407 e. The van der Waals surface area contributed by atoms with Gasteiger partial charge in [-0.3, -0.25) is 4.79 Å². The van der Waals surface area contributed by atoms with Crippen LogP contribution in [0.3, 0.4) is 0 Å². The number of amides is 1. The predicted molar refractivity (Wildman–Crippen MR) is 164 cm³/mol. The summed E-state index contributed by atoms with van der Waals surface area (Å²) in [6.45, 7) is 0.483. The SMILES string of the molecule is COc1cc(S(=O)(=O)N2CCC(NC(=O)OCc3ccccc3)C2)ccc1-c1nc2c(c(C3CCCCC3)nn2C)c(=O)[nH]1. The highest BCUT2D eigenvalue weighted by molar-refractivity contribution is 7.89. The first-order chi connectivity index (χ1) is 21.2. The molecule has 1 saturated carbocycles. The first kappa shape index (κ1) is 29.8. The largest absolute Gasteiger partial charge is 0.496 e. The Morgan fingerprint density at radius 2 is 1.86 bits per heavy atom. The Kier molecular flexibility index (Phi) is 8.41. The number of alkyl carbamates (subject to hydrolysis) is 1. The van der Waals surface area contributed by atoms with Gasteiger partial charge in [0.15, 0.2) is 5.65 Å². The monoisotopic (exact) mass is 620 g/mol. The van der Waals surface area contributed by atoms with Gasteiger partial charge in [-0.25, -0.2) is 22.9 Å². The summed E-state index contributed by atoms with van der Waals surface area (Å²) in [5.74, 6) is 0.753. The van der Waals surface area contributed by atoms with Gasteiger partial charge in [0, 0.05) is 38.2 Å². The Balaban J connectivity index is 1.19. The second-order valence-corrected chi connectivity index (χ2v) is 13.3. The first-order valence-electron chi connectivity index (χ1n) is 14.9. The van der Waals surface area contributed by atoms with Crippen molar-refractivity contribution in [2.45, 2.75) is 62.0 Å². The van der Waals surface area contributed by atoms with Crippen molar-refractivity contribution >= 4 is 27.1 Å². The van der Waals surface area contributed by atoms with Gasteiger partial charge in [0.2, 0.25) is 10.0 Å². The van der Waals surface area contributed by atoms with Gasteiger partial charge < -0.3 is 19.8 Å². The molecule has 13 heteroatoms. The van der Waals surface area contributed by atoms with Gasteiger partial charge in [-0.1, -0.05) is 49.6 Å². The van der Waals surface area contributed by atoms with Crippen LogP contribution in [0, 0.1) is 0 Å². The molecule has 2 aromatic heterocycles. The summed E-state index contributed by atoms with van der Waals surface area (Å²) >= 11 is 0. The van der Waals surface area contributed by atoms with Crippen molar-refractivity contribution in [2.24, 2.45) is 7.05 Å². The fourth-order valence-corrected chi connectivity index (χ4v) is 7.66. The highest BCUT2D eigenvalue weighted by Gasteiger charge is 2.34. The Hall–Kier alpha value is -4.23. The molecule has 1 aliphatic carbocycles. The number of nitrogens with one attached hydrogen (secondary N) is 2. The fourth-order valence-electron chi connectivity index (χ4n) is 6.15. The van der Waals surface area contributed by atoms with Crippen LogP contribution >= 0.6 is 0 Å². The minimum Gasteiger partial charge on any atom is -0.496 e. The molecule has 1 saturated heterocycles. The number of rotatable bonds is 8. The number of carbonyl (C=O) groups is 1. The summed E-state index contributed by atoms with van der Waals surface area (Å²) in [6.07, 6.45) is 5.30. The van der Waals surface area contributed by atoms with E-state index in [1.165, 1.54) is 30.0 Å². The van der Waals surface area contributed by atoms with Crippen molar-refractivity contribution in [2.75, 3.05) is 20.2 Å². The lowest BCUT2D eigenvalue weighted by Crippen LogP contribution is -2.38. The van der Waals surface area contributed by atoms with Crippen LogP contribution in [0.1, 0.15) is 55.7 Å². The zero-order chi connectivity index (χ0) is 30.8. The summed E-state index contributed by atoms with van der Waals surface area (Å²) < 4.78 is 41.0. The minimum absolute atomic E-state index is 0.0361. The summed E-state index contributed by atoms with van der Waals surface area (Å²) in [7, 11) is -0.683. The molecule has 0 bridgehead atoms. The number of H-pyrrole nitrogens is 1. The molecule has 0 spiro atoms. The average molecular weight is 621 g/mol. The predicted octanol–water partition coefficient (Wildman–Crippen LogP) is 4.07. The quantitative estimate of drug-likeness (QED) is 0.300. The molecule has 4 aromatic rings.